The zero-order chi connectivity index (χ0) is 13.5. The van der Waals surface area contributed by atoms with Gasteiger partial charge in [0.15, 0.2) is 0 Å². The molecule has 2 amide bonds. The minimum atomic E-state index is -0.589. The van der Waals surface area contributed by atoms with E-state index < -0.39 is 6.04 Å². The molecule has 2 atom stereocenters. The lowest BCUT2D eigenvalue weighted by atomic mass is 10.2. The minimum absolute atomic E-state index is 0.159. The summed E-state index contributed by atoms with van der Waals surface area (Å²) in [5.74, 6) is -0.0236. The maximum atomic E-state index is 11.8. The summed E-state index contributed by atoms with van der Waals surface area (Å²) < 4.78 is 0. The Morgan fingerprint density at radius 1 is 1.56 bits per heavy atom. The fraction of sp³-hybridized carbons (Fsp3) is 0.545. The van der Waals surface area contributed by atoms with E-state index in [0.717, 1.165) is 5.01 Å². The van der Waals surface area contributed by atoms with Crippen LogP contribution in [0.4, 0.5) is 0 Å². The highest BCUT2D eigenvalue weighted by atomic mass is 32.1. The number of carbonyl (C=O) groups excluding carboxylic acids is 2. The zero-order valence-electron chi connectivity index (χ0n) is 10.3. The third-order valence-electron chi connectivity index (χ3n) is 2.33. The fourth-order valence-electron chi connectivity index (χ4n) is 1.38. The molecule has 1 rings (SSSR count). The highest BCUT2D eigenvalue weighted by molar-refractivity contribution is 7.80. The summed E-state index contributed by atoms with van der Waals surface area (Å²) in [5, 5.41) is 8.23. The van der Waals surface area contributed by atoms with Gasteiger partial charge in [0.25, 0.3) is 0 Å². The number of rotatable bonds is 6. The first-order valence-electron chi connectivity index (χ1n) is 5.59. The number of hydrogen-bond donors (Lipinski definition) is 3. The molecule has 1 heterocycles. The number of nitrogens with zero attached hydrogens (tertiary/aromatic N) is 1. The van der Waals surface area contributed by atoms with Crippen molar-refractivity contribution in [1.29, 1.82) is 0 Å². The number of thiazole rings is 1. The molecular weight excluding hydrogens is 270 g/mol. The van der Waals surface area contributed by atoms with Gasteiger partial charge in [-0.2, -0.15) is 12.6 Å². The summed E-state index contributed by atoms with van der Waals surface area (Å²) in [6.07, 6.45) is 1.74. The molecule has 5 nitrogen and oxygen atoms in total. The van der Waals surface area contributed by atoms with Crippen LogP contribution in [0.15, 0.2) is 11.6 Å². The Balaban J connectivity index is 2.42. The van der Waals surface area contributed by atoms with E-state index in [1.165, 1.54) is 6.92 Å². The Kier molecular flexibility index (Phi) is 6.14. The van der Waals surface area contributed by atoms with Gasteiger partial charge < -0.3 is 10.6 Å². The monoisotopic (exact) mass is 287 g/mol. The highest BCUT2D eigenvalue weighted by Gasteiger charge is 2.18. The van der Waals surface area contributed by atoms with Crippen LogP contribution in [0.25, 0.3) is 0 Å². The molecule has 0 fully saturated rings. The molecule has 7 heteroatoms. The average molecular weight is 287 g/mol. The maximum Gasteiger partial charge on any atom is 0.243 e. The van der Waals surface area contributed by atoms with E-state index in [-0.39, 0.29) is 23.5 Å². The van der Waals surface area contributed by atoms with Gasteiger partial charge in [-0.1, -0.05) is 6.92 Å². The predicted octanol–water partition coefficient (Wildman–Crippen LogP) is 0.797. The van der Waals surface area contributed by atoms with Crippen molar-refractivity contribution in [1.82, 2.24) is 15.6 Å². The molecule has 0 saturated carbocycles. The molecule has 0 bridgehead atoms. The van der Waals surface area contributed by atoms with Gasteiger partial charge in [-0.3, -0.25) is 9.59 Å². The van der Waals surface area contributed by atoms with E-state index >= 15 is 0 Å². The summed E-state index contributed by atoms with van der Waals surface area (Å²) >= 11 is 5.61. The van der Waals surface area contributed by atoms with Gasteiger partial charge in [0.05, 0.1) is 5.01 Å². The minimum Gasteiger partial charge on any atom is -0.354 e. The van der Waals surface area contributed by atoms with Gasteiger partial charge in [0, 0.05) is 36.7 Å². The van der Waals surface area contributed by atoms with Crippen LogP contribution >= 0.6 is 24.0 Å². The van der Waals surface area contributed by atoms with Crippen LogP contribution in [0.1, 0.15) is 24.8 Å². The standard InChI is InChI=1S/C11H17N3O2S2/c1-7(11-12-3-4-18-11)5-13-10(16)9(6-17)14-8(2)15/h3-4,7,9,17H,5-6H2,1-2H3,(H,13,16)(H,14,15). The van der Waals surface area contributed by atoms with E-state index in [4.69, 9.17) is 0 Å². The molecule has 0 radical (unpaired) electrons. The largest absolute Gasteiger partial charge is 0.354 e. The van der Waals surface area contributed by atoms with E-state index in [2.05, 4.69) is 28.2 Å². The first-order valence-corrected chi connectivity index (χ1v) is 7.10. The Morgan fingerprint density at radius 3 is 2.78 bits per heavy atom. The lowest BCUT2D eigenvalue weighted by Crippen LogP contribution is -2.47. The molecule has 0 aliphatic carbocycles. The second-order valence-corrected chi connectivity index (χ2v) is 5.24. The molecule has 1 aromatic rings. The number of thiol groups is 1. The summed E-state index contributed by atoms with van der Waals surface area (Å²) in [4.78, 5) is 26.9. The topological polar surface area (TPSA) is 71.1 Å². The van der Waals surface area contributed by atoms with Crippen molar-refractivity contribution in [3.8, 4) is 0 Å². The summed E-state index contributed by atoms with van der Waals surface area (Å²) in [7, 11) is 0. The van der Waals surface area contributed by atoms with Gasteiger partial charge in [-0.05, 0) is 0 Å². The van der Waals surface area contributed by atoms with Crippen molar-refractivity contribution < 1.29 is 9.59 Å². The SMILES string of the molecule is CC(=O)NC(CS)C(=O)NCC(C)c1nccs1. The van der Waals surface area contributed by atoms with Crippen LogP contribution in [0, 0.1) is 0 Å². The van der Waals surface area contributed by atoms with Crippen molar-refractivity contribution >= 4 is 35.8 Å². The van der Waals surface area contributed by atoms with E-state index in [9.17, 15) is 9.59 Å². The fourth-order valence-corrected chi connectivity index (χ4v) is 2.34. The third kappa shape index (κ3) is 4.66. The van der Waals surface area contributed by atoms with Crippen molar-refractivity contribution in [2.24, 2.45) is 0 Å². The highest BCUT2D eigenvalue weighted by Crippen LogP contribution is 2.16. The van der Waals surface area contributed by atoms with E-state index in [1.807, 2.05) is 12.3 Å². The van der Waals surface area contributed by atoms with Crippen LogP contribution < -0.4 is 10.6 Å². The molecule has 1 aromatic heterocycles. The molecule has 100 valence electrons. The predicted molar refractivity (Wildman–Crippen MR) is 75.0 cm³/mol. The molecule has 0 aliphatic rings. The van der Waals surface area contributed by atoms with Gasteiger partial charge in [0.2, 0.25) is 11.8 Å². The van der Waals surface area contributed by atoms with Crippen molar-refractivity contribution in [2.45, 2.75) is 25.8 Å². The number of nitrogens with one attached hydrogen (secondary N) is 2. The maximum absolute atomic E-state index is 11.8. The Bertz CT molecular complexity index is 395. The normalized spacial score (nSPS) is 13.7. The average Bonchev–Trinajstić information content (AvgIpc) is 2.86. The van der Waals surface area contributed by atoms with E-state index in [1.54, 1.807) is 17.5 Å². The second kappa shape index (κ2) is 7.38. The molecule has 0 aliphatic heterocycles. The molecule has 2 unspecified atom stereocenters. The molecular formula is C11H17N3O2S2. The lowest BCUT2D eigenvalue weighted by molar-refractivity contribution is -0.127. The summed E-state index contributed by atoms with van der Waals surface area (Å²) in [6, 6.07) is -0.589. The quantitative estimate of drug-likeness (QED) is 0.678. The molecule has 2 N–H and O–H groups in total. The van der Waals surface area contributed by atoms with E-state index in [0.29, 0.717) is 6.54 Å². The third-order valence-corrected chi connectivity index (χ3v) is 3.70. The van der Waals surface area contributed by atoms with Crippen LogP contribution in [0.3, 0.4) is 0 Å². The number of hydrogen-bond acceptors (Lipinski definition) is 5. The van der Waals surface area contributed by atoms with Gasteiger partial charge in [0.1, 0.15) is 6.04 Å². The van der Waals surface area contributed by atoms with Crippen molar-refractivity contribution in [2.75, 3.05) is 12.3 Å². The van der Waals surface area contributed by atoms with Gasteiger partial charge >= 0.3 is 0 Å². The van der Waals surface area contributed by atoms with Crippen LogP contribution in [-0.2, 0) is 9.59 Å². The first kappa shape index (κ1) is 15.0. The van der Waals surface area contributed by atoms with Gasteiger partial charge in [-0.25, -0.2) is 4.98 Å². The molecule has 0 spiro atoms. The van der Waals surface area contributed by atoms with Gasteiger partial charge in [-0.15, -0.1) is 11.3 Å². The van der Waals surface area contributed by atoms with Crippen molar-refractivity contribution in [3.63, 3.8) is 0 Å². The molecule has 0 saturated heterocycles. The Hall–Kier alpha value is -1.08. The van der Waals surface area contributed by atoms with Crippen molar-refractivity contribution in [3.05, 3.63) is 16.6 Å². The van der Waals surface area contributed by atoms with Crippen LogP contribution in [0.5, 0.6) is 0 Å². The smallest absolute Gasteiger partial charge is 0.243 e. The lowest BCUT2D eigenvalue weighted by Gasteiger charge is -2.16. The first-order chi connectivity index (χ1) is 8.54. The Labute approximate surface area is 116 Å². The van der Waals surface area contributed by atoms with Crippen LogP contribution in [-0.4, -0.2) is 35.1 Å². The Morgan fingerprint density at radius 2 is 2.28 bits per heavy atom. The number of amides is 2. The zero-order valence-corrected chi connectivity index (χ0v) is 12.1. The molecule has 18 heavy (non-hydrogen) atoms. The second-order valence-electron chi connectivity index (χ2n) is 3.95. The number of carbonyl (C=O) groups is 2. The van der Waals surface area contributed by atoms with Crippen LogP contribution in [0.2, 0.25) is 0 Å². The summed E-state index contributed by atoms with van der Waals surface area (Å²) in [5.41, 5.74) is 0. The molecule has 0 aromatic carbocycles. The number of aromatic nitrogens is 1. The summed E-state index contributed by atoms with van der Waals surface area (Å²) in [6.45, 7) is 3.87.